The number of hydrogen-bond donors (Lipinski definition) is 2. The van der Waals surface area contributed by atoms with Crippen molar-refractivity contribution in [3.05, 3.63) is 59.4 Å². The van der Waals surface area contributed by atoms with E-state index in [1.807, 2.05) is 0 Å². The molecular formula is C19H17FN2O4. The number of carbonyl (C=O) groups excluding carboxylic acids is 2. The highest BCUT2D eigenvalue weighted by Gasteiger charge is 2.15. The molecule has 2 N–H and O–H groups in total. The minimum absolute atomic E-state index is 0.0849. The van der Waals surface area contributed by atoms with Crippen molar-refractivity contribution in [2.45, 2.75) is 13.5 Å². The van der Waals surface area contributed by atoms with Gasteiger partial charge in [0, 0.05) is 35.5 Å². The molecule has 0 saturated carbocycles. The zero-order chi connectivity index (χ0) is 18.5. The number of nitrogens with one attached hydrogen (secondary N) is 2. The Morgan fingerprint density at radius 3 is 2.69 bits per heavy atom. The lowest BCUT2D eigenvalue weighted by Crippen LogP contribution is -2.13. The second kappa shape index (κ2) is 7.79. The maximum atomic E-state index is 13.7. The average molecular weight is 356 g/mol. The smallest absolute Gasteiger partial charge is 0.248 e. The van der Waals surface area contributed by atoms with Crippen molar-refractivity contribution in [3.63, 3.8) is 0 Å². The summed E-state index contributed by atoms with van der Waals surface area (Å²) >= 11 is 0. The van der Waals surface area contributed by atoms with Crippen LogP contribution in [0.3, 0.4) is 0 Å². The molecule has 1 heterocycles. The summed E-state index contributed by atoms with van der Waals surface area (Å²) in [6, 6.07) is 9.40. The fourth-order valence-electron chi connectivity index (χ4n) is 2.56. The fourth-order valence-corrected chi connectivity index (χ4v) is 2.56. The molecule has 3 rings (SSSR count). The Hall–Kier alpha value is -3.19. The highest BCUT2D eigenvalue weighted by atomic mass is 19.1. The van der Waals surface area contributed by atoms with E-state index in [-0.39, 0.29) is 19.3 Å². The molecule has 0 spiro atoms. The van der Waals surface area contributed by atoms with Gasteiger partial charge in [-0.1, -0.05) is 6.07 Å². The number of benzene rings is 2. The van der Waals surface area contributed by atoms with Gasteiger partial charge in [0.15, 0.2) is 6.79 Å². The number of hydrogen-bond acceptors (Lipinski definition) is 4. The molecule has 0 unspecified atom stereocenters. The zero-order valence-corrected chi connectivity index (χ0v) is 14.0. The predicted molar refractivity (Wildman–Crippen MR) is 95.1 cm³/mol. The van der Waals surface area contributed by atoms with Gasteiger partial charge in [0.1, 0.15) is 11.6 Å². The standard InChI is InChI=1S/C19H17FN2O4/c1-12(23)21-16-3-2-4-17(9-16)22-18(24)6-5-13-7-15(20)8-14-10-25-11-26-19(13)14/h2-9H,10-11H2,1H3,(H,21,23)(H,22,24). The van der Waals surface area contributed by atoms with Crippen molar-refractivity contribution in [1.82, 2.24) is 0 Å². The van der Waals surface area contributed by atoms with Crippen LogP contribution in [0.5, 0.6) is 5.75 Å². The summed E-state index contributed by atoms with van der Waals surface area (Å²) in [5.74, 6) is -0.515. The van der Waals surface area contributed by atoms with E-state index in [1.54, 1.807) is 24.3 Å². The summed E-state index contributed by atoms with van der Waals surface area (Å²) in [6.45, 7) is 1.75. The normalized spacial score (nSPS) is 13.0. The van der Waals surface area contributed by atoms with Crippen molar-refractivity contribution in [2.24, 2.45) is 0 Å². The Morgan fingerprint density at radius 1 is 1.15 bits per heavy atom. The number of rotatable bonds is 4. The van der Waals surface area contributed by atoms with Gasteiger partial charge in [0.2, 0.25) is 11.8 Å². The summed E-state index contributed by atoms with van der Waals surface area (Å²) in [5.41, 5.74) is 2.16. The molecule has 0 atom stereocenters. The number of ether oxygens (including phenoxy) is 2. The first-order chi connectivity index (χ1) is 12.5. The molecule has 1 aliphatic rings. The van der Waals surface area contributed by atoms with Crippen LogP contribution < -0.4 is 15.4 Å². The minimum Gasteiger partial charge on any atom is -0.467 e. The highest BCUT2D eigenvalue weighted by molar-refractivity contribution is 6.02. The number of halogens is 1. The predicted octanol–water partition coefficient (Wildman–Crippen LogP) is 3.30. The maximum Gasteiger partial charge on any atom is 0.248 e. The van der Waals surface area contributed by atoms with Gasteiger partial charge >= 0.3 is 0 Å². The molecule has 7 heteroatoms. The van der Waals surface area contributed by atoms with Crippen LogP contribution in [0.25, 0.3) is 6.08 Å². The van der Waals surface area contributed by atoms with Gasteiger partial charge in [0.05, 0.1) is 6.61 Å². The van der Waals surface area contributed by atoms with E-state index in [1.165, 1.54) is 31.2 Å². The lowest BCUT2D eigenvalue weighted by atomic mass is 10.1. The Balaban J connectivity index is 1.72. The number of amides is 2. The molecule has 26 heavy (non-hydrogen) atoms. The van der Waals surface area contributed by atoms with Crippen LogP contribution in [-0.4, -0.2) is 18.6 Å². The fraction of sp³-hybridized carbons (Fsp3) is 0.158. The van der Waals surface area contributed by atoms with E-state index < -0.39 is 11.7 Å². The Bertz CT molecular complexity index is 880. The largest absolute Gasteiger partial charge is 0.467 e. The number of carbonyl (C=O) groups is 2. The molecule has 2 aromatic rings. The third-order valence-electron chi connectivity index (χ3n) is 3.57. The van der Waals surface area contributed by atoms with E-state index in [2.05, 4.69) is 10.6 Å². The Labute approximate surface area is 149 Å². The first-order valence-corrected chi connectivity index (χ1v) is 7.91. The molecule has 2 aromatic carbocycles. The van der Waals surface area contributed by atoms with Crippen molar-refractivity contribution >= 4 is 29.3 Å². The monoisotopic (exact) mass is 356 g/mol. The summed E-state index contributed by atoms with van der Waals surface area (Å²) < 4.78 is 24.2. The van der Waals surface area contributed by atoms with Gasteiger partial charge in [-0.05, 0) is 36.4 Å². The quantitative estimate of drug-likeness (QED) is 0.824. The molecule has 1 aliphatic heterocycles. The van der Waals surface area contributed by atoms with E-state index in [4.69, 9.17) is 9.47 Å². The Kier molecular flexibility index (Phi) is 5.28. The van der Waals surface area contributed by atoms with Gasteiger partial charge < -0.3 is 20.1 Å². The summed E-state index contributed by atoms with van der Waals surface area (Å²) in [4.78, 5) is 23.2. The van der Waals surface area contributed by atoms with Crippen LogP contribution >= 0.6 is 0 Å². The maximum absolute atomic E-state index is 13.7. The molecule has 0 saturated heterocycles. The van der Waals surface area contributed by atoms with Crippen molar-refractivity contribution < 1.29 is 23.5 Å². The van der Waals surface area contributed by atoms with E-state index >= 15 is 0 Å². The topological polar surface area (TPSA) is 76.7 Å². The van der Waals surface area contributed by atoms with Gasteiger partial charge in [-0.2, -0.15) is 0 Å². The highest BCUT2D eigenvalue weighted by Crippen LogP contribution is 2.30. The van der Waals surface area contributed by atoms with Crippen LogP contribution in [0, 0.1) is 5.82 Å². The van der Waals surface area contributed by atoms with Gasteiger partial charge in [-0.25, -0.2) is 4.39 Å². The Morgan fingerprint density at radius 2 is 1.92 bits per heavy atom. The van der Waals surface area contributed by atoms with Gasteiger partial charge in [0.25, 0.3) is 0 Å². The van der Waals surface area contributed by atoms with Crippen LogP contribution in [-0.2, 0) is 20.9 Å². The molecule has 0 bridgehead atoms. The lowest BCUT2D eigenvalue weighted by molar-refractivity contribution is -0.114. The SMILES string of the molecule is CC(=O)Nc1cccc(NC(=O)C=Cc2cc(F)cc3c2OCOC3)c1. The second-order valence-electron chi connectivity index (χ2n) is 5.68. The zero-order valence-electron chi connectivity index (χ0n) is 14.0. The van der Waals surface area contributed by atoms with Crippen molar-refractivity contribution in [3.8, 4) is 5.75 Å². The van der Waals surface area contributed by atoms with Crippen LogP contribution in [0.2, 0.25) is 0 Å². The molecule has 0 fully saturated rings. The second-order valence-corrected chi connectivity index (χ2v) is 5.68. The first kappa shape index (κ1) is 17.6. The van der Waals surface area contributed by atoms with Crippen molar-refractivity contribution in [2.75, 3.05) is 17.4 Å². The molecule has 134 valence electrons. The molecule has 0 aliphatic carbocycles. The molecule has 6 nitrogen and oxygen atoms in total. The third kappa shape index (κ3) is 4.46. The van der Waals surface area contributed by atoms with Crippen LogP contribution in [0.15, 0.2) is 42.5 Å². The number of anilines is 2. The third-order valence-corrected chi connectivity index (χ3v) is 3.57. The van der Waals surface area contributed by atoms with E-state index in [9.17, 15) is 14.0 Å². The molecule has 0 radical (unpaired) electrons. The average Bonchev–Trinajstić information content (AvgIpc) is 2.59. The summed E-state index contributed by atoms with van der Waals surface area (Å²) in [7, 11) is 0. The van der Waals surface area contributed by atoms with Crippen molar-refractivity contribution in [1.29, 1.82) is 0 Å². The van der Waals surface area contributed by atoms with Crippen LogP contribution in [0.4, 0.5) is 15.8 Å². The summed E-state index contributed by atoms with van der Waals surface area (Å²) in [5, 5.41) is 5.32. The first-order valence-electron chi connectivity index (χ1n) is 7.91. The van der Waals surface area contributed by atoms with E-state index in [0.29, 0.717) is 28.3 Å². The summed E-state index contributed by atoms with van der Waals surface area (Å²) in [6.07, 6.45) is 2.78. The lowest BCUT2D eigenvalue weighted by Gasteiger charge is -2.19. The van der Waals surface area contributed by atoms with Gasteiger partial charge in [-0.3, -0.25) is 9.59 Å². The van der Waals surface area contributed by atoms with E-state index in [0.717, 1.165) is 0 Å². The molecular weight excluding hydrogens is 339 g/mol. The molecule has 0 aromatic heterocycles. The minimum atomic E-state index is -0.430. The van der Waals surface area contributed by atoms with Gasteiger partial charge in [-0.15, -0.1) is 0 Å². The molecule has 2 amide bonds. The van der Waals surface area contributed by atoms with Crippen LogP contribution in [0.1, 0.15) is 18.1 Å². The number of fused-ring (bicyclic) bond motifs is 1.